The number of carbonyl (C=O) groups is 2. The Labute approximate surface area is 89.6 Å². The van der Waals surface area contributed by atoms with E-state index in [2.05, 4.69) is 4.74 Å². The molecule has 0 saturated heterocycles. The first-order valence-corrected chi connectivity index (χ1v) is 4.37. The molecule has 2 N–H and O–H groups in total. The normalized spacial score (nSPS) is 15.1. The highest BCUT2D eigenvalue weighted by atomic mass is 19.4. The van der Waals surface area contributed by atoms with Gasteiger partial charge >= 0.3 is 17.9 Å². The van der Waals surface area contributed by atoms with Gasteiger partial charge in [0.05, 0.1) is 7.11 Å². The Bertz CT molecular complexity index is 279. The first-order chi connectivity index (χ1) is 7.19. The fraction of sp³-hybridized carbons (Fsp3) is 0.750. The van der Waals surface area contributed by atoms with Gasteiger partial charge in [0.2, 0.25) is 5.91 Å². The van der Waals surface area contributed by atoms with Gasteiger partial charge in [-0.3, -0.25) is 4.79 Å². The van der Waals surface area contributed by atoms with Crippen molar-refractivity contribution in [1.29, 1.82) is 0 Å². The summed E-state index contributed by atoms with van der Waals surface area (Å²) in [6.07, 6.45) is -5.31. The summed E-state index contributed by atoms with van der Waals surface area (Å²) in [5.41, 5.74) is -3.99. The van der Waals surface area contributed by atoms with Gasteiger partial charge in [-0.2, -0.15) is 13.2 Å². The summed E-state index contributed by atoms with van der Waals surface area (Å²) in [5.74, 6) is -3.07. The second kappa shape index (κ2) is 5.15. The van der Waals surface area contributed by atoms with Crippen LogP contribution in [0.1, 0.15) is 19.8 Å². The molecular formula is C8H12F3NO4. The van der Waals surface area contributed by atoms with Gasteiger partial charge in [-0.15, -0.1) is 0 Å². The molecule has 1 atom stereocenters. The maximum atomic E-state index is 12.4. The standard InChI is InChI=1S/C8H12F3NO4/c1-3-4-5(13)12-7(15,6(14)16-2)8(9,10)11/h15H,3-4H2,1-2H3,(H,12,13)/t7-/m1/s1. The second-order valence-corrected chi connectivity index (χ2v) is 3.00. The average molecular weight is 243 g/mol. The number of hydrogen-bond acceptors (Lipinski definition) is 4. The van der Waals surface area contributed by atoms with Crippen molar-refractivity contribution >= 4 is 11.9 Å². The van der Waals surface area contributed by atoms with Crippen LogP contribution < -0.4 is 5.32 Å². The van der Waals surface area contributed by atoms with E-state index in [-0.39, 0.29) is 12.8 Å². The van der Waals surface area contributed by atoms with E-state index in [1.54, 1.807) is 6.92 Å². The minimum absolute atomic E-state index is 0.241. The molecule has 0 spiro atoms. The summed E-state index contributed by atoms with van der Waals surface area (Å²) in [4.78, 5) is 21.8. The van der Waals surface area contributed by atoms with Gasteiger partial charge in [0, 0.05) is 6.42 Å². The molecule has 1 amide bonds. The van der Waals surface area contributed by atoms with E-state index in [0.717, 1.165) is 0 Å². The van der Waals surface area contributed by atoms with Gasteiger partial charge in [0.15, 0.2) is 0 Å². The van der Waals surface area contributed by atoms with Crippen molar-refractivity contribution in [2.75, 3.05) is 7.11 Å². The molecule has 0 unspecified atom stereocenters. The smallest absolute Gasteiger partial charge is 0.448 e. The monoisotopic (exact) mass is 243 g/mol. The van der Waals surface area contributed by atoms with Crippen LogP contribution >= 0.6 is 0 Å². The Hall–Kier alpha value is -1.31. The molecule has 0 aliphatic heterocycles. The lowest BCUT2D eigenvalue weighted by Gasteiger charge is -2.28. The Balaban J connectivity index is 4.96. The molecule has 5 nitrogen and oxygen atoms in total. The number of alkyl halides is 3. The van der Waals surface area contributed by atoms with Crippen LogP contribution in [0.2, 0.25) is 0 Å². The minimum Gasteiger partial charge on any atom is -0.465 e. The summed E-state index contributed by atoms with van der Waals surface area (Å²) < 4.78 is 40.9. The Morgan fingerprint density at radius 2 is 1.88 bits per heavy atom. The fourth-order valence-electron chi connectivity index (χ4n) is 0.877. The molecule has 0 aliphatic rings. The van der Waals surface area contributed by atoms with Crippen LogP contribution in [0, 0.1) is 0 Å². The van der Waals surface area contributed by atoms with Crippen LogP contribution in [-0.4, -0.2) is 36.0 Å². The molecule has 0 fully saturated rings. The molecule has 8 heteroatoms. The van der Waals surface area contributed by atoms with Gasteiger partial charge in [0.25, 0.3) is 0 Å². The Kier molecular flexibility index (Phi) is 4.73. The number of methoxy groups -OCH3 is 1. The maximum Gasteiger partial charge on any atom is 0.448 e. The summed E-state index contributed by atoms with van der Waals surface area (Å²) in [6.45, 7) is 1.56. The minimum atomic E-state index is -5.34. The summed E-state index contributed by atoms with van der Waals surface area (Å²) in [6, 6.07) is 0. The highest BCUT2D eigenvalue weighted by Gasteiger charge is 2.62. The van der Waals surface area contributed by atoms with Crippen molar-refractivity contribution in [1.82, 2.24) is 5.32 Å². The lowest BCUT2D eigenvalue weighted by molar-refractivity contribution is -0.270. The number of ether oxygens (including phenoxy) is 1. The van der Waals surface area contributed by atoms with E-state index in [1.165, 1.54) is 5.32 Å². The van der Waals surface area contributed by atoms with E-state index in [1.807, 2.05) is 0 Å². The molecule has 0 aliphatic carbocycles. The molecule has 0 rings (SSSR count). The number of aliphatic hydroxyl groups is 1. The van der Waals surface area contributed by atoms with E-state index in [9.17, 15) is 22.8 Å². The summed E-state index contributed by atoms with van der Waals surface area (Å²) >= 11 is 0. The molecule has 0 aromatic heterocycles. The zero-order chi connectivity index (χ0) is 13.0. The van der Waals surface area contributed by atoms with E-state index in [4.69, 9.17) is 5.11 Å². The lowest BCUT2D eigenvalue weighted by Crippen LogP contribution is -2.64. The van der Waals surface area contributed by atoms with Gasteiger partial charge < -0.3 is 15.2 Å². The van der Waals surface area contributed by atoms with Crippen molar-refractivity contribution in [2.45, 2.75) is 31.7 Å². The fourth-order valence-corrected chi connectivity index (χ4v) is 0.877. The number of halogens is 3. The van der Waals surface area contributed by atoms with Crippen molar-refractivity contribution in [3.8, 4) is 0 Å². The largest absolute Gasteiger partial charge is 0.465 e. The van der Waals surface area contributed by atoms with E-state index >= 15 is 0 Å². The third-order valence-corrected chi connectivity index (χ3v) is 1.69. The third-order valence-electron chi connectivity index (χ3n) is 1.69. The number of nitrogens with one attached hydrogen (secondary N) is 1. The van der Waals surface area contributed by atoms with Crippen molar-refractivity contribution < 1.29 is 32.6 Å². The molecule has 0 saturated carbocycles. The number of esters is 1. The molecular weight excluding hydrogens is 231 g/mol. The first kappa shape index (κ1) is 14.7. The highest BCUT2D eigenvalue weighted by molar-refractivity contribution is 5.87. The van der Waals surface area contributed by atoms with Crippen molar-refractivity contribution in [2.24, 2.45) is 0 Å². The van der Waals surface area contributed by atoms with Crippen LogP contribution in [0.3, 0.4) is 0 Å². The third kappa shape index (κ3) is 3.09. The van der Waals surface area contributed by atoms with E-state index in [0.29, 0.717) is 7.11 Å². The maximum absolute atomic E-state index is 12.4. The lowest BCUT2D eigenvalue weighted by atomic mass is 10.2. The number of hydrogen-bond donors (Lipinski definition) is 2. The zero-order valence-electron chi connectivity index (χ0n) is 8.72. The highest BCUT2D eigenvalue weighted by Crippen LogP contribution is 2.29. The van der Waals surface area contributed by atoms with Crippen LogP contribution in [-0.2, 0) is 14.3 Å². The van der Waals surface area contributed by atoms with E-state index < -0.39 is 23.8 Å². The topological polar surface area (TPSA) is 75.6 Å². The molecule has 0 aromatic rings. The Morgan fingerprint density at radius 3 is 2.19 bits per heavy atom. The average Bonchev–Trinajstić information content (AvgIpc) is 2.14. The molecule has 0 bridgehead atoms. The Morgan fingerprint density at radius 1 is 1.38 bits per heavy atom. The van der Waals surface area contributed by atoms with Gasteiger partial charge in [0.1, 0.15) is 0 Å². The zero-order valence-corrected chi connectivity index (χ0v) is 8.72. The van der Waals surface area contributed by atoms with Crippen LogP contribution in [0.5, 0.6) is 0 Å². The van der Waals surface area contributed by atoms with Crippen molar-refractivity contribution in [3.63, 3.8) is 0 Å². The summed E-state index contributed by atoms with van der Waals surface area (Å²) in [7, 11) is 0.672. The summed E-state index contributed by atoms with van der Waals surface area (Å²) in [5, 5.41) is 10.3. The molecule has 0 aromatic carbocycles. The first-order valence-electron chi connectivity index (χ1n) is 4.37. The van der Waals surface area contributed by atoms with Gasteiger partial charge in [-0.05, 0) is 6.42 Å². The predicted molar refractivity (Wildman–Crippen MR) is 46.1 cm³/mol. The second-order valence-electron chi connectivity index (χ2n) is 3.00. The van der Waals surface area contributed by atoms with Crippen LogP contribution in [0.15, 0.2) is 0 Å². The van der Waals surface area contributed by atoms with Crippen molar-refractivity contribution in [3.05, 3.63) is 0 Å². The van der Waals surface area contributed by atoms with Crippen LogP contribution in [0.4, 0.5) is 13.2 Å². The molecule has 0 heterocycles. The number of rotatable bonds is 4. The molecule has 0 radical (unpaired) electrons. The van der Waals surface area contributed by atoms with Crippen LogP contribution in [0.25, 0.3) is 0 Å². The number of amides is 1. The van der Waals surface area contributed by atoms with Gasteiger partial charge in [-0.25, -0.2) is 4.79 Å². The quantitative estimate of drug-likeness (QED) is 0.551. The number of carbonyl (C=O) groups excluding carboxylic acids is 2. The molecule has 94 valence electrons. The predicted octanol–water partition coefficient (Wildman–Crippen LogP) is 0.327. The molecule has 16 heavy (non-hydrogen) atoms. The SMILES string of the molecule is CCCC(=O)N[C@@](O)(C(=O)OC)C(F)(F)F. The van der Waals surface area contributed by atoms with Gasteiger partial charge in [-0.1, -0.05) is 6.92 Å².